The summed E-state index contributed by atoms with van der Waals surface area (Å²) in [7, 11) is 0. The Bertz CT molecular complexity index is 472. The minimum Gasteiger partial charge on any atom is -0.348 e. The number of pyridine rings is 1. The monoisotopic (exact) mass is 260 g/mol. The molecule has 1 aliphatic heterocycles. The van der Waals surface area contributed by atoms with E-state index in [4.69, 9.17) is 5.73 Å². The van der Waals surface area contributed by atoms with Crippen molar-refractivity contribution in [3.05, 3.63) is 29.6 Å². The lowest BCUT2D eigenvalue weighted by Crippen LogP contribution is -2.37. The third-order valence-electron chi connectivity index (χ3n) is 3.91. The molecule has 2 aliphatic rings. The molecule has 1 saturated carbocycles. The summed E-state index contributed by atoms with van der Waals surface area (Å²) in [5.74, 6) is -0.0141. The lowest BCUT2D eigenvalue weighted by Gasteiger charge is -2.15. The molecular weight excluding hydrogens is 240 g/mol. The van der Waals surface area contributed by atoms with Crippen LogP contribution in [0, 0.1) is 0 Å². The third-order valence-corrected chi connectivity index (χ3v) is 3.91. The molecule has 1 saturated heterocycles. The molecule has 0 spiro atoms. The summed E-state index contributed by atoms with van der Waals surface area (Å²) in [5.41, 5.74) is 6.94. The first kappa shape index (κ1) is 12.6. The molecule has 1 amide bonds. The van der Waals surface area contributed by atoms with E-state index in [1.165, 1.54) is 12.8 Å². The van der Waals surface area contributed by atoms with Crippen LogP contribution in [0.2, 0.25) is 0 Å². The maximum atomic E-state index is 12.2. The van der Waals surface area contributed by atoms with Gasteiger partial charge in [-0.1, -0.05) is 0 Å². The van der Waals surface area contributed by atoms with Gasteiger partial charge in [0, 0.05) is 43.5 Å². The fourth-order valence-electron chi connectivity index (χ4n) is 2.68. The fraction of sp³-hybridized carbons (Fsp3) is 0.571. The predicted octanol–water partition coefficient (Wildman–Crippen LogP) is 0.507. The summed E-state index contributed by atoms with van der Waals surface area (Å²) in [5, 5.41) is 3.11. The maximum absolute atomic E-state index is 12.2. The van der Waals surface area contributed by atoms with E-state index in [1.54, 1.807) is 18.3 Å². The summed E-state index contributed by atoms with van der Waals surface area (Å²) >= 11 is 0. The second-order valence-electron chi connectivity index (χ2n) is 5.43. The maximum Gasteiger partial charge on any atom is 0.251 e. The van der Waals surface area contributed by atoms with Gasteiger partial charge in [0.25, 0.3) is 5.91 Å². The van der Waals surface area contributed by atoms with Crippen LogP contribution in [0.4, 0.5) is 0 Å². The van der Waals surface area contributed by atoms with E-state index in [0.717, 1.165) is 31.2 Å². The number of amides is 1. The predicted molar refractivity (Wildman–Crippen MR) is 72.6 cm³/mol. The van der Waals surface area contributed by atoms with Gasteiger partial charge in [0.05, 0.1) is 5.69 Å². The van der Waals surface area contributed by atoms with Gasteiger partial charge in [-0.3, -0.25) is 14.7 Å². The molecule has 102 valence electrons. The highest BCUT2D eigenvalue weighted by Gasteiger charge is 2.34. The molecule has 5 heteroatoms. The molecule has 3 N–H and O–H groups in total. The van der Waals surface area contributed by atoms with Gasteiger partial charge in [-0.25, -0.2) is 0 Å². The number of likely N-dealkylation sites (tertiary alicyclic amines) is 1. The zero-order chi connectivity index (χ0) is 13.2. The molecule has 1 atom stereocenters. The second-order valence-corrected chi connectivity index (χ2v) is 5.43. The van der Waals surface area contributed by atoms with Crippen LogP contribution in [-0.4, -0.2) is 41.0 Å². The molecule has 1 unspecified atom stereocenters. The number of nitrogens with two attached hydrogens (primary N) is 1. The van der Waals surface area contributed by atoms with E-state index in [2.05, 4.69) is 15.2 Å². The van der Waals surface area contributed by atoms with Gasteiger partial charge in [0.1, 0.15) is 0 Å². The van der Waals surface area contributed by atoms with Crippen molar-refractivity contribution in [1.29, 1.82) is 0 Å². The molecule has 0 bridgehead atoms. The van der Waals surface area contributed by atoms with Crippen LogP contribution in [0.15, 0.2) is 18.3 Å². The first-order chi connectivity index (χ1) is 9.26. The lowest BCUT2D eigenvalue weighted by atomic mass is 10.2. The molecule has 19 heavy (non-hydrogen) atoms. The van der Waals surface area contributed by atoms with Crippen molar-refractivity contribution in [2.24, 2.45) is 5.73 Å². The molecule has 2 heterocycles. The molecule has 1 aromatic rings. The zero-order valence-electron chi connectivity index (χ0n) is 11.0. The summed E-state index contributed by atoms with van der Waals surface area (Å²) in [4.78, 5) is 18.8. The number of carbonyl (C=O) groups is 1. The quantitative estimate of drug-likeness (QED) is 0.827. The number of hydrogen-bond acceptors (Lipinski definition) is 4. The van der Waals surface area contributed by atoms with E-state index in [0.29, 0.717) is 12.1 Å². The summed E-state index contributed by atoms with van der Waals surface area (Å²) in [6.07, 6.45) is 5.34. The average molecular weight is 260 g/mol. The molecule has 5 nitrogen and oxygen atoms in total. The molecule has 0 aromatic carbocycles. The Morgan fingerprint density at radius 1 is 1.47 bits per heavy atom. The standard InChI is InChI=1S/C14H20N4O/c15-8-12-7-10(3-5-16-12)14(19)17-11-4-6-18(9-11)13-1-2-13/h3,5,7,11,13H,1-2,4,6,8-9,15H2,(H,17,19). The molecule has 1 aliphatic carbocycles. The van der Waals surface area contributed by atoms with Gasteiger partial charge in [-0.2, -0.15) is 0 Å². The number of hydrogen-bond donors (Lipinski definition) is 2. The molecular formula is C14H20N4O. The van der Waals surface area contributed by atoms with Gasteiger partial charge >= 0.3 is 0 Å². The number of rotatable bonds is 4. The Morgan fingerprint density at radius 2 is 2.32 bits per heavy atom. The van der Waals surface area contributed by atoms with Crippen molar-refractivity contribution < 1.29 is 4.79 Å². The minimum atomic E-state index is -0.0141. The Balaban J connectivity index is 1.58. The van der Waals surface area contributed by atoms with Gasteiger partial charge in [-0.15, -0.1) is 0 Å². The van der Waals surface area contributed by atoms with Crippen LogP contribution in [0.1, 0.15) is 35.3 Å². The van der Waals surface area contributed by atoms with E-state index in [9.17, 15) is 4.79 Å². The molecule has 0 radical (unpaired) electrons. The Morgan fingerprint density at radius 3 is 3.05 bits per heavy atom. The highest BCUT2D eigenvalue weighted by Crippen LogP contribution is 2.29. The van der Waals surface area contributed by atoms with Crippen LogP contribution in [-0.2, 0) is 6.54 Å². The second kappa shape index (κ2) is 5.27. The first-order valence-corrected chi connectivity index (χ1v) is 6.96. The van der Waals surface area contributed by atoms with Crippen molar-refractivity contribution in [3.8, 4) is 0 Å². The fourth-order valence-corrected chi connectivity index (χ4v) is 2.68. The van der Waals surface area contributed by atoms with Gasteiger partial charge in [0.2, 0.25) is 0 Å². The Hall–Kier alpha value is -1.46. The first-order valence-electron chi connectivity index (χ1n) is 6.96. The van der Waals surface area contributed by atoms with Crippen molar-refractivity contribution >= 4 is 5.91 Å². The van der Waals surface area contributed by atoms with E-state index in [1.807, 2.05) is 0 Å². The van der Waals surface area contributed by atoms with Crippen molar-refractivity contribution in [2.45, 2.75) is 37.9 Å². The highest BCUT2D eigenvalue weighted by molar-refractivity contribution is 5.94. The summed E-state index contributed by atoms with van der Waals surface area (Å²) < 4.78 is 0. The smallest absolute Gasteiger partial charge is 0.251 e. The van der Waals surface area contributed by atoms with Crippen molar-refractivity contribution in [2.75, 3.05) is 13.1 Å². The number of carbonyl (C=O) groups excluding carboxylic acids is 1. The van der Waals surface area contributed by atoms with Crippen LogP contribution in [0.5, 0.6) is 0 Å². The third kappa shape index (κ3) is 2.93. The largest absolute Gasteiger partial charge is 0.348 e. The SMILES string of the molecule is NCc1cc(C(=O)NC2CCN(C3CC3)C2)ccn1. The normalized spacial score (nSPS) is 23.5. The summed E-state index contributed by atoms with van der Waals surface area (Å²) in [6.45, 7) is 2.46. The molecule has 2 fully saturated rings. The highest BCUT2D eigenvalue weighted by atomic mass is 16.1. The Kier molecular flexibility index (Phi) is 3.48. The number of nitrogens with zero attached hydrogens (tertiary/aromatic N) is 2. The van der Waals surface area contributed by atoms with Gasteiger partial charge < -0.3 is 11.1 Å². The topological polar surface area (TPSA) is 71.2 Å². The minimum absolute atomic E-state index is 0.0141. The van der Waals surface area contributed by atoms with Crippen LogP contribution >= 0.6 is 0 Å². The number of nitrogens with one attached hydrogen (secondary N) is 1. The molecule has 3 rings (SSSR count). The Labute approximate surface area is 113 Å². The van der Waals surface area contributed by atoms with Crippen LogP contribution in [0.3, 0.4) is 0 Å². The van der Waals surface area contributed by atoms with Crippen molar-refractivity contribution in [1.82, 2.24) is 15.2 Å². The average Bonchev–Trinajstić information content (AvgIpc) is 3.19. The summed E-state index contributed by atoms with van der Waals surface area (Å²) in [6, 6.07) is 4.57. The van der Waals surface area contributed by atoms with E-state index < -0.39 is 0 Å². The molecule has 1 aromatic heterocycles. The van der Waals surface area contributed by atoms with Crippen molar-refractivity contribution in [3.63, 3.8) is 0 Å². The van der Waals surface area contributed by atoms with Gasteiger partial charge in [-0.05, 0) is 31.4 Å². The van der Waals surface area contributed by atoms with Crippen LogP contribution in [0.25, 0.3) is 0 Å². The van der Waals surface area contributed by atoms with Crippen LogP contribution < -0.4 is 11.1 Å². The van der Waals surface area contributed by atoms with E-state index >= 15 is 0 Å². The number of aromatic nitrogens is 1. The van der Waals surface area contributed by atoms with E-state index in [-0.39, 0.29) is 11.9 Å². The lowest BCUT2D eigenvalue weighted by molar-refractivity contribution is 0.0937. The van der Waals surface area contributed by atoms with Gasteiger partial charge in [0.15, 0.2) is 0 Å². The zero-order valence-corrected chi connectivity index (χ0v) is 11.0.